The minimum absolute atomic E-state index is 0.164. The van der Waals surface area contributed by atoms with Crippen LogP contribution in [0.2, 0.25) is 0 Å². The number of carbonyl (C=O) groups excluding carboxylic acids is 2. The maximum atomic E-state index is 12.5. The van der Waals surface area contributed by atoms with Gasteiger partial charge in [0.05, 0.1) is 17.3 Å². The number of amides is 2. The Bertz CT molecular complexity index is 1030. The van der Waals surface area contributed by atoms with Gasteiger partial charge in [0.1, 0.15) is 6.54 Å². The summed E-state index contributed by atoms with van der Waals surface area (Å²) in [5.74, 6) is -0.656. The number of aromatic nitrogens is 2. The van der Waals surface area contributed by atoms with Gasteiger partial charge in [-0.1, -0.05) is 36.4 Å². The van der Waals surface area contributed by atoms with Gasteiger partial charge < -0.3 is 15.2 Å². The van der Waals surface area contributed by atoms with Crippen molar-refractivity contribution in [2.75, 3.05) is 0 Å². The Morgan fingerprint density at radius 1 is 1.03 bits per heavy atom. The summed E-state index contributed by atoms with van der Waals surface area (Å²) in [5.41, 5.74) is 1.64. The molecule has 0 radical (unpaired) electrons. The van der Waals surface area contributed by atoms with E-state index in [4.69, 9.17) is 0 Å². The number of pyridine rings is 2. The van der Waals surface area contributed by atoms with Crippen molar-refractivity contribution in [3.05, 3.63) is 100 Å². The molecule has 0 bridgehead atoms. The Morgan fingerprint density at radius 2 is 1.79 bits per heavy atom. The molecule has 0 aliphatic carbocycles. The van der Waals surface area contributed by atoms with Gasteiger partial charge in [-0.3, -0.25) is 19.4 Å². The van der Waals surface area contributed by atoms with E-state index in [9.17, 15) is 14.4 Å². The van der Waals surface area contributed by atoms with Crippen molar-refractivity contribution in [3.63, 3.8) is 0 Å². The van der Waals surface area contributed by atoms with E-state index in [1.54, 1.807) is 12.3 Å². The third-order valence-electron chi connectivity index (χ3n) is 4.37. The first kappa shape index (κ1) is 20.0. The Morgan fingerprint density at radius 3 is 2.52 bits per heavy atom. The predicted molar refractivity (Wildman–Crippen MR) is 109 cm³/mol. The fourth-order valence-electron chi connectivity index (χ4n) is 2.78. The zero-order valence-electron chi connectivity index (χ0n) is 16.0. The van der Waals surface area contributed by atoms with Gasteiger partial charge in [0.15, 0.2) is 0 Å². The van der Waals surface area contributed by atoms with E-state index >= 15 is 0 Å². The van der Waals surface area contributed by atoms with Gasteiger partial charge in [-0.25, -0.2) is 0 Å². The lowest BCUT2D eigenvalue weighted by atomic mass is 10.2. The zero-order valence-corrected chi connectivity index (χ0v) is 16.0. The standard InChI is InChI=1S/C22H22N4O3/c1-16(19-9-5-6-12-23-19)25-22(29)18-10-11-21(28)26(14-18)15-20(27)24-13-17-7-3-2-4-8-17/h2-12,14,16H,13,15H2,1H3,(H,24,27)(H,25,29)/t16-/m0/s1. The number of nitrogens with zero attached hydrogens (tertiary/aromatic N) is 2. The summed E-state index contributed by atoms with van der Waals surface area (Å²) < 4.78 is 1.22. The molecule has 3 rings (SSSR count). The van der Waals surface area contributed by atoms with Crippen molar-refractivity contribution in [1.29, 1.82) is 0 Å². The first-order chi connectivity index (χ1) is 14.0. The van der Waals surface area contributed by atoms with Crippen LogP contribution in [0.15, 0.2) is 77.9 Å². The lowest BCUT2D eigenvalue weighted by molar-refractivity contribution is -0.121. The average Bonchev–Trinajstić information content (AvgIpc) is 2.75. The van der Waals surface area contributed by atoms with E-state index in [-0.39, 0.29) is 30.0 Å². The van der Waals surface area contributed by atoms with Gasteiger partial charge in [-0.15, -0.1) is 0 Å². The molecule has 7 nitrogen and oxygen atoms in total. The third-order valence-corrected chi connectivity index (χ3v) is 4.37. The largest absolute Gasteiger partial charge is 0.350 e. The van der Waals surface area contributed by atoms with Gasteiger partial charge in [0.25, 0.3) is 11.5 Å². The van der Waals surface area contributed by atoms with E-state index in [0.717, 1.165) is 11.3 Å². The molecular formula is C22H22N4O3. The van der Waals surface area contributed by atoms with Crippen LogP contribution in [0.4, 0.5) is 0 Å². The van der Waals surface area contributed by atoms with Gasteiger partial charge in [0.2, 0.25) is 5.91 Å². The fraction of sp³-hybridized carbons (Fsp3) is 0.182. The molecule has 29 heavy (non-hydrogen) atoms. The second-order valence-electron chi connectivity index (χ2n) is 6.60. The predicted octanol–water partition coefficient (Wildman–Crippen LogP) is 2.05. The number of hydrogen-bond acceptors (Lipinski definition) is 4. The van der Waals surface area contributed by atoms with Crippen LogP contribution in [0.1, 0.15) is 34.6 Å². The molecule has 0 saturated carbocycles. The molecule has 7 heteroatoms. The van der Waals surface area contributed by atoms with Crippen LogP contribution in [-0.4, -0.2) is 21.4 Å². The van der Waals surface area contributed by atoms with Crippen molar-refractivity contribution >= 4 is 11.8 Å². The van der Waals surface area contributed by atoms with Crippen LogP contribution in [-0.2, 0) is 17.9 Å². The molecule has 2 aromatic heterocycles. The van der Waals surface area contributed by atoms with Crippen molar-refractivity contribution < 1.29 is 9.59 Å². The molecule has 0 aliphatic heterocycles. The van der Waals surface area contributed by atoms with Crippen LogP contribution in [0.5, 0.6) is 0 Å². The third kappa shape index (κ3) is 5.62. The normalized spacial score (nSPS) is 11.5. The van der Waals surface area contributed by atoms with Crippen LogP contribution in [0.3, 0.4) is 0 Å². The molecule has 2 N–H and O–H groups in total. The summed E-state index contributed by atoms with van der Waals surface area (Å²) in [6.45, 7) is 2.03. The van der Waals surface area contributed by atoms with Crippen LogP contribution in [0.25, 0.3) is 0 Å². The van der Waals surface area contributed by atoms with E-state index in [2.05, 4.69) is 15.6 Å². The summed E-state index contributed by atoms with van der Waals surface area (Å²) in [5, 5.41) is 5.61. The van der Waals surface area contributed by atoms with E-state index in [0.29, 0.717) is 12.1 Å². The Kier molecular flexibility index (Phi) is 6.52. The second kappa shape index (κ2) is 9.45. The maximum Gasteiger partial charge on any atom is 0.253 e. The number of rotatable bonds is 7. The number of benzene rings is 1. The van der Waals surface area contributed by atoms with Crippen molar-refractivity contribution in [1.82, 2.24) is 20.2 Å². The molecule has 0 unspecified atom stereocenters. The molecule has 148 valence electrons. The Labute approximate surface area is 168 Å². The van der Waals surface area contributed by atoms with Crippen molar-refractivity contribution in [2.45, 2.75) is 26.1 Å². The maximum absolute atomic E-state index is 12.5. The molecule has 0 fully saturated rings. The van der Waals surface area contributed by atoms with E-state index in [1.807, 2.05) is 49.4 Å². The van der Waals surface area contributed by atoms with Gasteiger partial charge in [0, 0.05) is 25.0 Å². The molecule has 0 spiro atoms. The highest BCUT2D eigenvalue weighted by Crippen LogP contribution is 2.09. The van der Waals surface area contributed by atoms with Gasteiger partial charge in [-0.05, 0) is 30.7 Å². The average molecular weight is 390 g/mol. The van der Waals surface area contributed by atoms with Gasteiger partial charge >= 0.3 is 0 Å². The Hall–Kier alpha value is -3.74. The molecular weight excluding hydrogens is 368 g/mol. The number of hydrogen-bond donors (Lipinski definition) is 2. The summed E-state index contributed by atoms with van der Waals surface area (Å²) in [7, 11) is 0. The highest BCUT2D eigenvalue weighted by atomic mass is 16.2. The van der Waals surface area contributed by atoms with Crippen molar-refractivity contribution in [2.24, 2.45) is 0 Å². The molecule has 2 heterocycles. The summed E-state index contributed by atoms with van der Waals surface area (Å²) in [6, 6.07) is 17.4. The zero-order chi connectivity index (χ0) is 20.6. The molecule has 1 aromatic carbocycles. The van der Waals surface area contributed by atoms with E-state index < -0.39 is 0 Å². The monoisotopic (exact) mass is 390 g/mol. The fourth-order valence-corrected chi connectivity index (χ4v) is 2.78. The first-order valence-electron chi connectivity index (χ1n) is 9.26. The minimum Gasteiger partial charge on any atom is -0.350 e. The van der Waals surface area contributed by atoms with Crippen LogP contribution >= 0.6 is 0 Å². The highest BCUT2D eigenvalue weighted by molar-refractivity contribution is 5.94. The molecule has 0 saturated heterocycles. The SMILES string of the molecule is C[C@H](NC(=O)c1ccc(=O)n(CC(=O)NCc2ccccc2)c1)c1ccccn1. The van der Waals surface area contributed by atoms with Crippen molar-refractivity contribution in [3.8, 4) is 0 Å². The summed E-state index contributed by atoms with van der Waals surface area (Å²) >= 11 is 0. The first-order valence-corrected chi connectivity index (χ1v) is 9.26. The molecule has 3 aromatic rings. The number of nitrogens with one attached hydrogen (secondary N) is 2. The number of carbonyl (C=O) groups is 2. The topological polar surface area (TPSA) is 93.1 Å². The smallest absolute Gasteiger partial charge is 0.253 e. The molecule has 2 amide bonds. The van der Waals surface area contributed by atoms with Gasteiger partial charge in [-0.2, -0.15) is 0 Å². The summed E-state index contributed by atoms with van der Waals surface area (Å²) in [6.07, 6.45) is 3.05. The Balaban J connectivity index is 1.63. The van der Waals surface area contributed by atoms with Crippen LogP contribution < -0.4 is 16.2 Å². The minimum atomic E-state index is -0.353. The second-order valence-corrected chi connectivity index (χ2v) is 6.60. The lowest BCUT2D eigenvalue weighted by Crippen LogP contribution is -2.33. The summed E-state index contributed by atoms with van der Waals surface area (Å²) in [4.78, 5) is 41.0. The highest BCUT2D eigenvalue weighted by Gasteiger charge is 2.14. The van der Waals surface area contributed by atoms with Crippen LogP contribution in [0, 0.1) is 0 Å². The quantitative estimate of drug-likeness (QED) is 0.646. The molecule has 1 atom stereocenters. The van der Waals surface area contributed by atoms with E-state index in [1.165, 1.54) is 22.9 Å². The molecule has 0 aliphatic rings. The lowest BCUT2D eigenvalue weighted by Gasteiger charge is -2.14.